The third-order valence-electron chi connectivity index (χ3n) is 3.69. The maximum atomic E-state index is 13.3. The van der Waals surface area contributed by atoms with Crippen molar-refractivity contribution in [2.75, 3.05) is 20.1 Å². The van der Waals surface area contributed by atoms with Crippen LogP contribution in [0.5, 0.6) is 0 Å². The summed E-state index contributed by atoms with van der Waals surface area (Å²) < 4.78 is 51.2. The van der Waals surface area contributed by atoms with Gasteiger partial charge in [-0.15, -0.1) is 12.4 Å². The Hall–Kier alpha value is -0.850. The minimum absolute atomic E-state index is 0. The van der Waals surface area contributed by atoms with Crippen molar-refractivity contribution in [3.05, 3.63) is 35.1 Å². The van der Waals surface area contributed by atoms with Gasteiger partial charge in [-0.3, -0.25) is 4.90 Å². The molecule has 0 atom stereocenters. The molecule has 2 nitrogen and oxygen atoms in total. The number of piperidine rings is 1. The van der Waals surface area contributed by atoms with Crippen LogP contribution < -0.4 is 5.32 Å². The van der Waals surface area contributed by atoms with Gasteiger partial charge in [0.05, 0.1) is 5.56 Å². The highest BCUT2D eigenvalue weighted by Gasteiger charge is 2.31. The number of nitrogens with zero attached hydrogens (tertiary/aromatic N) is 1. The molecule has 1 aromatic rings. The Morgan fingerprint density at radius 1 is 1.19 bits per heavy atom. The molecule has 0 bridgehead atoms. The SMILES string of the molecule is CNC1CCN(Cc2cc(F)cc(C(F)(F)F)c2)CC1.Cl. The summed E-state index contributed by atoms with van der Waals surface area (Å²) >= 11 is 0. The molecule has 1 saturated heterocycles. The van der Waals surface area contributed by atoms with Gasteiger partial charge in [0.2, 0.25) is 0 Å². The van der Waals surface area contributed by atoms with Crippen molar-refractivity contribution in [2.45, 2.75) is 31.6 Å². The lowest BCUT2D eigenvalue weighted by Gasteiger charge is -2.31. The van der Waals surface area contributed by atoms with Gasteiger partial charge in [0.15, 0.2) is 0 Å². The van der Waals surface area contributed by atoms with Crippen LogP contribution in [0.1, 0.15) is 24.0 Å². The highest BCUT2D eigenvalue weighted by molar-refractivity contribution is 5.85. The van der Waals surface area contributed by atoms with Crippen LogP contribution in [0.3, 0.4) is 0 Å². The number of benzene rings is 1. The molecule has 0 spiro atoms. The molecule has 120 valence electrons. The van der Waals surface area contributed by atoms with Crippen LogP contribution in [0.15, 0.2) is 18.2 Å². The number of alkyl halides is 3. The predicted molar refractivity (Wildman–Crippen MR) is 76.0 cm³/mol. The first-order chi connectivity index (χ1) is 9.38. The minimum Gasteiger partial charge on any atom is -0.317 e. The van der Waals surface area contributed by atoms with Gasteiger partial charge in [-0.05, 0) is 56.7 Å². The van der Waals surface area contributed by atoms with Gasteiger partial charge >= 0.3 is 6.18 Å². The normalized spacial score (nSPS) is 17.6. The van der Waals surface area contributed by atoms with E-state index in [1.54, 1.807) is 0 Å². The van der Waals surface area contributed by atoms with Crippen molar-refractivity contribution >= 4 is 12.4 Å². The molecule has 1 aliphatic heterocycles. The summed E-state index contributed by atoms with van der Waals surface area (Å²) in [6.45, 7) is 1.98. The fourth-order valence-corrected chi connectivity index (χ4v) is 2.54. The van der Waals surface area contributed by atoms with E-state index in [2.05, 4.69) is 10.2 Å². The summed E-state index contributed by atoms with van der Waals surface area (Å²) in [7, 11) is 1.91. The van der Waals surface area contributed by atoms with Crippen molar-refractivity contribution in [1.29, 1.82) is 0 Å². The molecule has 2 rings (SSSR count). The van der Waals surface area contributed by atoms with E-state index in [4.69, 9.17) is 0 Å². The fourth-order valence-electron chi connectivity index (χ4n) is 2.54. The Kier molecular flexibility index (Phi) is 6.43. The van der Waals surface area contributed by atoms with Gasteiger partial charge in [0.1, 0.15) is 5.82 Å². The van der Waals surface area contributed by atoms with Gasteiger partial charge in [0.25, 0.3) is 0 Å². The molecule has 1 N–H and O–H groups in total. The summed E-state index contributed by atoms with van der Waals surface area (Å²) in [6.07, 6.45) is -2.59. The van der Waals surface area contributed by atoms with Crippen LogP contribution >= 0.6 is 12.4 Å². The van der Waals surface area contributed by atoms with E-state index < -0.39 is 17.6 Å². The second kappa shape index (κ2) is 7.42. The first kappa shape index (κ1) is 18.2. The van der Waals surface area contributed by atoms with Crippen LogP contribution in [-0.4, -0.2) is 31.1 Å². The smallest absolute Gasteiger partial charge is 0.317 e. The van der Waals surface area contributed by atoms with E-state index in [1.807, 2.05) is 7.05 Å². The summed E-state index contributed by atoms with van der Waals surface area (Å²) in [5.41, 5.74) is -0.544. The Bertz CT molecular complexity index is 457. The molecule has 1 aromatic carbocycles. The lowest BCUT2D eigenvalue weighted by atomic mass is 10.0. The number of nitrogens with one attached hydrogen (secondary N) is 1. The van der Waals surface area contributed by atoms with Crippen LogP contribution in [-0.2, 0) is 12.7 Å². The molecule has 0 aliphatic carbocycles. The Labute approximate surface area is 127 Å². The van der Waals surface area contributed by atoms with Crippen molar-refractivity contribution in [3.63, 3.8) is 0 Å². The maximum absolute atomic E-state index is 13.3. The molecule has 0 unspecified atom stereocenters. The van der Waals surface area contributed by atoms with E-state index in [0.29, 0.717) is 24.2 Å². The topological polar surface area (TPSA) is 15.3 Å². The average molecular weight is 327 g/mol. The van der Waals surface area contributed by atoms with Crippen molar-refractivity contribution in [1.82, 2.24) is 10.2 Å². The van der Waals surface area contributed by atoms with Crippen molar-refractivity contribution in [3.8, 4) is 0 Å². The van der Waals surface area contributed by atoms with Crippen LogP contribution in [0.25, 0.3) is 0 Å². The monoisotopic (exact) mass is 326 g/mol. The Morgan fingerprint density at radius 3 is 2.33 bits per heavy atom. The second-order valence-electron chi connectivity index (χ2n) is 5.19. The zero-order valence-corrected chi connectivity index (χ0v) is 12.5. The highest BCUT2D eigenvalue weighted by atomic mass is 35.5. The fraction of sp³-hybridized carbons (Fsp3) is 0.571. The second-order valence-corrected chi connectivity index (χ2v) is 5.19. The standard InChI is InChI=1S/C14H18F4N2.ClH/c1-19-13-2-4-20(5-3-13)9-10-6-11(14(16,17)18)8-12(15)7-10;/h6-8,13,19H,2-5,9H2,1H3;1H. The van der Waals surface area contributed by atoms with Gasteiger partial charge in [-0.25, -0.2) is 4.39 Å². The molecule has 0 radical (unpaired) electrons. The molecule has 1 aliphatic rings. The van der Waals surface area contributed by atoms with E-state index >= 15 is 0 Å². The number of likely N-dealkylation sites (tertiary alicyclic amines) is 1. The van der Waals surface area contributed by atoms with Crippen molar-refractivity contribution in [2.24, 2.45) is 0 Å². The number of rotatable bonds is 3. The van der Waals surface area contributed by atoms with Gasteiger partial charge in [-0.2, -0.15) is 13.2 Å². The molecule has 1 heterocycles. The zero-order chi connectivity index (χ0) is 14.8. The van der Waals surface area contributed by atoms with Crippen LogP contribution in [0, 0.1) is 5.82 Å². The lowest BCUT2D eigenvalue weighted by Crippen LogP contribution is -2.40. The molecule has 7 heteroatoms. The largest absolute Gasteiger partial charge is 0.416 e. The molecule has 0 saturated carbocycles. The maximum Gasteiger partial charge on any atom is 0.416 e. The van der Waals surface area contributed by atoms with E-state index in [1.165, 1.54) is 6.07 Å². The average Bonchev–Trinajstić information content (AvgIpc) is 2.38. The summed E-state index contributed by atoms with van der Waals surface area (Å²) in [5, 5.41) is 3.19. The first-order valence-corrected chi connectivity index (χ1v) is 6.65. The molecule has 0 amide bonds. The lowest BCUT2D eigenvalue weighted by molar-refractivity contribution is -0.137. The predicted octanol–water partition coefficient (Wildman–Crippen LogP) is 3.45. The third-order valence-corrected chi connectivity index (χ3v) is 3.69. The molecule has 21 heavy (non-hydrogen) atoms. The van der Waals surface area contributed by atoms with Gasteiger partial charge in [-0.1, -0.05) is 0 Å². The Morgan fingerprint density at radius 2 is 1.81 bits per heavy atom. The first-order valence-electron chi connectivity index (χ1n) is 6.65. The van der Waals surface area contributed by atoms with Crippen molar-refractivity contribution < 1.29 is 17.6 Å². The van der Waals surface area contributed by atoms with Crippen LogP contribution in [0.2, 0.25) is 0 Å². The van der Waals surface area contributed by atoms with Gasteiger partial charge < -0.3 is 5.32 Å². The quantitative estimate of drug-likeness (QED) is 0.856. The summed E-state index contributed by atoms with van der Waals surface area (Å²) in [5.74, 6) is -0.833. The summed E-state index contributed by atoms with van der Waals surface area (Å²) in [4.78, 5) is 2.06. The van der Waals surface area contributed by atoms with E-state index in [0.717, 1.165) is 32.0 Å². The molecule has 0 aromatic heterocycles. The van der Waals surface area contributed by atoms with E-state index in [-0.39, 0.29) is 12.4 Å². The van der Waals surface area contributed by atoms with Gasteiger partial charge in [0, 0.05) is 12.6 Å². The molecular formula is C14H19ClF4N2. The summed E-state index contributed by atoms with van der Waals surface area (Å²) in [6, 6.07) is 3.22. The number of hydrogen-bond acceptors (Lipinski definition) is 2. The number of hydrogen-bond donors (Lipinski definition) is 1. The molecular weight excluding hydrogens is 308 g/mol. The Balaban J connectivity index is 0.00000220. The third kappa shape index (κ3) is 5.13. The highest BCUT2D eigenvalue weighted by Crippen LogP contribution is 2.30. The zero-order valence-electron chi connectivity index (χ0n) is 11.7. The number of halogens is 5. The van der Waals surface area contributed by atoms with Crippen LogP contribution in [0.4, 0.5) is 17.6 Å². The van der Waals surface area contributed by atoms with E-state index in [9.17, 15) is 17.6 Å². The molecule has 1 fully saturated rings. The minimum atomic E-state index is -4.50.